The summed E-state index contributed by atoms with van der Waals surface area (Å²) >= 11 is 5.97. The van der Waals surface area contributed by atoms with Gasteiger partial charge in [-0.15, -0.1) is 0 Å². The molecule has 1 fully saturated rings. The van der Waals surface area contributed by atoms with Gasteiger partial charge in [0.25, 0.3) is 11.8 Å². The van der Waals surface area contributed by atoms with Gasteiger partial charge in [-0.1, -0.05) is 48.7 Å². The van der Waals surface area contributed by atoms with Crippen LogP contribution in [0.4, 0.5) is 10.1 Å². The van der Waals surface area contributed by atoms with Gasteiger partial charge in [0, 0.05) is 40.5 Å². The van der Waals surface area contributed by atoms with E-state index in [-0.39, 0.29) is 23.9 Å². The summed E-state index contributed by atoms with van der Waals surface area (Å²) in [6.07, 6.45) is 3.71. The van der Waals surface area contributed by atoms with E-state index >= 15 is 0 Å². The maximum absolute atomic E-state index is 13.8. The minimum absolute atomic E-state index is 0.119. The number of nitrogens with two attached hydrogens (primary N) is 1. The zero-order valence-electron chi connectivity index (χ0n) is 18.7. The van der Waals surface area contributed by atoms with Crippen molar-refractivity contribution in [1.29, 1.82) is 0 Å². The van der Waals surface area contributed by atoms with Crippen LogP contribution in [0.3, 0.4) is 0 Å². The Balaban J connectivity index is 1.51. The number of hydrogen-bond donors (Lipinski definition) is 2. The van der Waals surface area contributed by atoms with Gasteiger partial charge < -0.3 is 16.0 Å². The SMILES string of the molecule is NC1CCCCC1N(Cc1ccc(NC(=O)c2cccc(Cl)c2)cc1)C(=O)c1cccc(F)c1. The molecule has 1 aliphatic carbocycles. The van der Waals surface area contributed by atoms with Gasteiger partial charge in [0.15, 0.2) is 0 Å². The highest BCUT2D eigenvalue weighted by molar-refractivity contribution is 6.31. The summed E-state index contributed by atoms with van der Waals surface area (Å²) in [7, 11) is 0. The van der Waals surface area contributed by atoms with Crippen LogP contribution in [0.5, 0.6) is 0 Å². The molecule has 0 bridgehead atoms. The highest BCUT2D eigenvalue weighted by Gasteiger charge is 2.31. The number of carbonyl (C=O) groups is 2. The van der Waals surface area contributed by atoms with E-state index in [2.05, 4.69) is 5.32 Å². The van der Waals surface area contributed by atoms with Crippen molar-refractivity contribution in [2.24, 2.45) is 5.73 Å². The van der Waals surface area contributed by atoms with Gasteiger partial charge in [-0.05, 0) is 66.9 Å². The molecule has 4 rings (SSSR count). The summed E-state index contributed by atoms with van der Waals surface area (Å²) in [6.45, 7) is 0.343. The van der Waals surface area contributed by atoms with Crippen molar-refractivity contribution in [3.63, 3.8) is 0 Å². The van der Waals surface area contributed by atoms with Crippen molar-refractivity contribution in [3.8, 4) is 0 Å². The lowest BCUT2D eigenvalue weighted by atomic mass is 9.89. The third-order valence-corrected chi connectivity index (χ3v) is 6.40. The van der Waals surface area contributed by atoms with Crippen LogP contribution in [0, 0.1) is 5.82 Å². The lowest BCUT2D eigenvalue weighted by Crippen LogP contribution is -2.51. The van der Waals surface area contributed by atoms with E-state index in [4.69, 9.17) is 17.3 Å². The lowest BCUT2D eigenvalue weighted by molar-refractivity contribution is 0.0583. The predicted octanol–water partition coefficient (Wildman–Crippen LogP) is 5.64. The minimum Gasteiger partial charge on any atom is -0.330 e. The van der Waals surface area contributed by atoms with Crippen LogP contribution in [0.2, 0.25) is 5.02 Å². The van der Waals surface area contributed by atoms with Gasteiger partial charge >= 0.3 is 0 Å². The van der Waals surface area contributed by atoms with E-state index in [0.29, 0.717) is 28.4 Å². The highest BCUT2D eigenvalue weighted by atomic mass is 35.5. The number of benzene rings is 3. The van der Waals surface area contributed by atoms with E-state index in [1.807, 2.05) is 12.1 Å². The summed E-state index contributed by atoms with van der Waals surface area (Å²) in [6, 6.07) is 19.6. The maximum Gasteiger partial charge on any atom is 0.255 e. The fourth-order valence-electron chi connectivity index (χ4n) is 4.38. The lowest BCUT2D eigenvalue weighted by Gasteiger charge is -2.38. The van der Waals surface area contributed by atoms with Crippen LogP contribution in [0.1, 0.15) is 52.0 Å². The van der Waals surface area contributed by atoms with E-state index in [1.54, 1.807) is 53.4 Å². The Morgan fingerprint density at radius 2 is 1.68 bits per heavy atom. The van der Waals surface area contributed by atoms with Crippen LogP contribution in [-0.4, -0.2) is 28.8 Å². The largest absolute Gasteiger partial charge is 0.330 e. The Kier molecular flexibility index (Phi) is 7.60. The van der Waals surface area contributed by atoms with Gasteiger partial charge in [0.2, 0.25) is 0 Å². The number of anilines is 1. The summed E-state index contributed by atoms with van der Waals surface area (Å²) in [5.41, 5.74) is 8.70. The molecule has 0 aromatic heterocycles. The first-order valence-electron chi connectivity index (χ1n) is 11.4. The Hall–Kier alpha value is -3.22. The Morgan fingerprint density at radius 3 is 2.38 bits per heavy atom. The zero-order valence-corrected chi connectivity index (χ0v) is 19.5. The molecule has 2 amide bonds. The Labute approximate surface area is 203 Å². The second kappa shape index (κ2) is 10.8. The number of nitrogens with zero attached hydrogens (tertiary/aromatic N) is 1. The smallest absolute Gasteiger partial charge is 0.255 e. The minimum atomic E-state index is -0.446. The number of carbonyl (C=O) groups excluding carboxylic acids is 2. The van der Waals surface area contributed by atoms with Crippen LogP contribution in [-0.2, 0) is 6.54 Å². The summed E-state index contributed by atoms with van der Waals surface area (Å²) < 4.78 is 13.8. The first-order valence-corrected chi connectivity index (χ1v) is 11.8. The van der Waals surface area contributed by atoms with Gasteiger partial charge in [-0.25, -0.2) is 4.39 Å². The van der Waals surface area contributed by atoms with Crippen molar-refractivity contribution < 1.29 is 14.0 Å². The van der Waals surface area contributed by atoms with Gasteiger partial charge in [-0.3, -0.25) is 9.59 Å². The number of nitrogens with one attached hydrogen (secondary N) is 1. The number of rotatable bonds is 6. The second-order valence-electron chi connectivity index (χ2n) is 8.62. The normalized spacial score (nSPS) is 17.7. The maximum atomic E-state index is 13.8. The average molecular weight is 480 g/mol. The van der Waals surface area contributed by atoms with E-state index in [0.717, 1.165) is 31.2 Å². The molecule has 1 saturated carbocycles. The van der Waals surface area contributed by atoms with Crippen LogP contribution < -0.4 is 11.1 Å². The quantitative estimate of drug-likeness (QED) is 0.480. The molecule has 5 nitrogen and oxygen atoms in total. The first kappa shape index (κ1) is 23.9. The Bertz CT molecular complexity index is 1170. The molecule has 0 radical (unpaired) electrons. The zero-order chi connectivity index (χ0) is 24.1. The number of hydrogen-bond acceptors (Lipinski definition) is 3. The number of amides is 2. The molecule has 2 unspecified atom stereocenters. The molecule has 0 saturated heterocycles. The molecule has 2 atom stereocenters. The summed E-state index contributed by atoms with van der Waals surface area (Å²) in [5.74, 6) is -0.940. The van der Waals surface area contributed by atoms with Crippen molar-refractivity contribution >= 4 is 29.1 Å². The molecule has 3 aromatic rings. The first-order chi connectivity index (χ1) is 16.4. The summed E-state index contributed by atoms with van der Waals surface area (Å²) in [5, 5.41) is 3.34. The van der Waals surface area contributed by atoms with Crippen molar-refractivity contribution in [1.82, 2.24) is 4.90 Å². The Morgan fingerprint density at radius 1 is 0.971 bits per heavy atom. The van der Waals surface area contributed by atoms with Crippen molar-refractivity contribution in [2.75, 3.05) is 5.32 Å². The molecule has 0 aliphatic heterocycles. The van der Waals surface area contributed by atoms with E-state index < -0.39 is 5.82 Å². The molecule has 0 spiro atoms. The molecule has 1 aliphatic rings. The molecular weight excluding hydrogens is 453 g/mol. The van der Waals surface area contributed by atoms with Crippen LogP contribution in [0.25, 0.3) is 0 Å². The van der Waals surface area contributed by atoms with E-state index in [1.165, 1.54) is 12.1 Å². The van der Waals surface area contributed by atoms with Gasteiger partial charge in [0.1, 0.15) is 5.82 Å². The molecule has 3 N–H and O–H groups in total. The summed E-state index contributed by atoms with van der Waals surface area (Å²) in [4.78, 5) is 27.6. The molecule has 7 heteroatoms. The number of halogens is 2. The molecule has 34 heavy (non-hydrogen) atoms. The van der Waals surface area contributed by atoms with Crippen molar-refractivity contribution in [2.45, 2.75) is 44.3 Å². The van der Waals surface area contributed by atoms with Crippen LogP contribution >= 0.6 is 11.6 Å². The fourth-order valence-corrected chi connectivity index (χ4v) is 4.57. The topological polar surface area (TPSA) is 75.4 Å². The fraction of sp³-hybridized carbons (Fsp3) is 0.259. The van der Waals surface area contributed by atoms with E-state index in [9.17, 15) is 14.0 Å². The third-order valence-electron chi connectivity index (χ3n) is 6.17. The predicted molar refractivity (Wildman–Crippen MR) is 132 cm³/mol. The molecule has 3 aromatic carbocycles. The van der Waals surface area contributed by atoms with Gasteiger partial charge in [0.05, 0.1) is 0 Å². The molecule has 0 heterocycles. The molecule has 176 valence electrons. The second-order valence-corrected chi connectivity index (χ2v) is 9.06. The standard InChI is InChI=1S/C27H27ClFN3O2/c28-21-7-3-5-19(15-21)26(33)31-23-13-11-18(12-14-23)17-32(25-10-2-1-9-24(25)30)27(34)20-6-4-8-22(29)16-20/h3-8,11-16,24-25H,1-2,9-10,17,30H2,(H,31,33). The van der Waals surface area contributed by atoms with Crippen LogP contribution in [0.15, 0.2) is 72.8 Å². The van der Waals surface area contributed by atoms with Crippen molar-refractivity contribution in [3.05, 3.63) is 100 Å². The van der Waals surface area contributed by atoms with Gasteiger partial charge in [-0.2, -0.15) is 0 Å². The molecular formula is C27H27ClFN3O2. The highest BCUT2D eigenvalue weighted by Crippen LogP contribution is 2.26. The monoisotopic (exact) mass is 479 g/mol. The third kappa shape index (κ3) is 5.82. The average Bonchev–Trinajstić information content (AvgIpc) is 2.84.